The van der Waals surface area contributed by atoms with E-state index in [1.54, 1.807) is 24.3 Å². The fourth-order valence-electron chi connectivity index (χ4n) is 3.07. The molecule has 0 fully saturated rings. The van der Waals surface area contributed by atoms with Crippen molar-refractivity contribution in [2.45, 2.75) is 122 Å². The van der Waals surface area contributed by atoms with Crippen LogP contribution in [0.4, 0.5) is 0 Å². The number of sulfone groups is 1. The first kappa shape index (κ1) is 37.9. The van der Waals surface area contributed by atoms with E-state index in [1.165, 1.54) is 0 Å². The van der Waals surface area contributed by atoms with Crippen LogP contribution in [0, 0.1) is 5.92 Å². The highest BCUT2D eigenvalue weighted by Crippen LogP contribution is 2.37. The average molecular weight is 599 g/mol. The lowest BCUT2D eigenvalue weighted by Gasteiger charge is -2.36. The normalized spacial score (nSPS) is 13.8. The Morgan fingerprint density at radius 2 is 1.38 bits per heavy atom. The summed E-state index contributed by atoms with van der Waals surface area (Å²) < 4.78 is 36.3. The Kier molecular flexibility index (Phi) is 15.9. The van der Waals surface area contributed by atoms with E-state index in [9.17, 15) is 13.2 Å². The van der Waals surface area contributed by atoms with Crippen LogP contribution >= 0.6 is 0 Å². The van der Waals surface area contributed by atoms with E-state index in [0.717, 1.165) is 19.3 Å². The highest BCUT2D eigenvalue weighted by Gasteiger charge is 2.37. The van der Waals surface area contributed by atoms with Gasteiger partial charge in [0.25, 0.3) is 0 Å². The average Bonchev–Trinajstić information content (AvgIpc) is 2.81. The van der Waals surface area contributed by atoms with Crippen LogP contribution in [0.15, 0.2) is 47.9 Å². The monoisotopic (exact) mass is 598 g/mol. The van der Waals surface area contributed by atoms with Gasteiger partial charge in [0.2, 0.25) is 0 Å². The lowest BCUT2D eigenvalue weighted by Crippen LogP contribution is -2.41. The van der Waals surface area contributed by atoms with Gasteiger partial charge < -0.3 is 8.85 Å². The van der Waals surface area contributed by atoms with Gasteiger partial charge in [-0.2, -0.15) is 0 Å². The summed E-state index contributed by atoms with van der Waals surface area (Å²) in [5.41, 5.74) is 0. The van der Waals surface area contributed by atoms with Gasteiger partial charge in [0, 0.05) is 25.6 Å². The van der Waals surface area contributed by atoms with Crippen LogP contribution in [0.3, 0.4) is 0 Å². The van der Waals surface area contributed by atoms with Gasteiger partial charge in [-0.15, -0.1) is 6.58 Å². The van der Waals surface area contributed by atoms with E-state index in [-0.39, 0.29) is 21.7 Å². The number of carbonyl (C=O) groups is 1. The summed E-state index contributed by atoms with van der Waals surface area (Å²) in [6.07, 6.45) is 5.80. The standard InChI is InChI=1S/C16H32O2Si.C15H26O3SSi/c1-8-9-10-11-15(17)14(2)12-13-18-19(6,7)16(3,4)5;1-15(2,3)20(4,5)18-12-9-13-19(16,17)14-10-7-6-8-11-14/h8,14H,1,9-13H2,2-7H3;6-8,10-11H,9,12-13H2,1-5H3. The first-order valence-electron chi connectivity index (χ1n) is 14.4. The Balaban J connectivity index is 0.000000742. The van der Waals surface area contributed by atoms with E-state index in [2.05, 4.69) is 74.3 Å². The smallest absolute Gasteiger partial charge is 0.191 e. The molecule has 0 aliphatic carbocycles. The number of rotatable bonds is 15. The Morgan fingerprint density at radius 1 is 0.897 bits per heavy atom. The van der Waals surface area contributed by atoms with Crippen molar-refractivity contribution in [2.75, 3.05) is 19.0 Å². The third-order valence-corrected chi connectivity index (χ3v) is 19.0. The van der Waals surface area contributed by atoms with Crippen LogP contribution in [0.25, 0.3) is 0 Å². The summed E-state index contributed by atoms with van der Waals surface area (Å²) in [7, 11) is -6.62. The molecule has 8 heteroatoms. The van der Waals surface area contributed by atoms with Crippen LogP contribution < -0.4 is 0 Å². The highest BCUT2D eigenvalue weighted by molar-refractivity contribution is 7.91. The maximum absolute atomic E-state index is 12.1. The van der Waals surface area contributed by atoms with Gasteiger partial charge in [0.05, 0.1) is 10.6 Å². The lowest BCUT2D eigenvalue weighted by atomic mass is 9.99. The van der Waals surface area contributed by atoms with Gasteiger partial charge in [0.1, 0.15) is 5.78 Å². The largest absolute Gasteiger partial charge is 0.417 e. The first-order chi connectivity index (χ1) is 17.7. The molecule has 0 aliphatic heterocycles. The third kappa shape index (κ3) is 14.4. The summed E-state index contributed by atoms with van der Waals surface area (Å²) in [5.74, 6) is 0.626. The zero-order valence-electron chi connectivity index (χ0n) is 26.9. The molecule has 1 rings (SSSR count). The summed E-state index contributed by atoms with van der Waals surface area (Å²) in [6, 6.07) is 8.60. The predicted octanol–water partition coefficient (Wildman–Crippen LogP) is 8.83. The van der Waals surface area contributed by atoms with Crippen molar-refractivity contribution < 1.29 is 22.1 Å². The van der Waals surface area contributed by atoms with Gasteiger partial charge in [-0.05, 0) is 74.1 Å². The molecule has 0 bridgehead atoms. The molecule has 0 saturated carbocycles. The Labute approximate surface area is 243 Å². The molecule has 0 heterocycles. The van der Waals surface area contributed by atoms with Crippen molar-refractivity contribution in [3.63, 3.8) is 0 Å². The molecule has 0 saturated heterocycles. The highest BCUT2D eigenvalue weighted by atomic mass is 32.2. The number of hydrogen-bond donors (Lipinski definition) is 0. The van der Waals surface area contributed by atoms with E-state index in [4.69, 9.17) is 8.85 Å². The van der Waals surface area contributed by atoms with Crippen molar-refractivity contribution in [1.29, 1.82) is 0 Å². The van der Waals surface area contributed by atoms with Crippen LogP contribution in [-0.2, 0) is 23.5 Å². The molecule has 1 aromatic rings. The molecule has 1 atom stereocenters. The van der Waals surface area contributed by atoms with Crippen LogP contribution in [0.2, 0.25) is 36.3 Å². The van der Waals surface area contributed by atoms with E-state index in [1.807, 2.05) is 19.1 Å². The third-order valence-electron chi connectivity index (χ3n) is 8.13. The molecule has 0 amide bonds. The van der Waals surface area contributed by atoms with E-state index in [0.29, 0.717) is 36.7 Å². The summed E-state index contributed by atoms with van der Waals surface area (Å²) in [5, 5.41) is 0.398. The molecule has 1 aromatic carbocycles. The number of hydrogen-bond acceptors (Lipinski definition) is 5. The number of ketones is 1. The van der Waals surface area contributed by atoms with Gasteiger partial charge in [-0.3, -0.25) is 4.79 Å². The molecular formula is C31H58O5SSi2. The molecule has 0 radical (unpaired) electrons. The Hall–Kier alpha value is -1.07. The molecule has 0 N–H and O–H groups in total. The first-order valence-corrected chi connectivity index (χ1v) is 21.8. The number of Topliss-reactive ketones (excluding diaryl/α,β-unsaturated/α-hetero) is 1. The quantitative estimate of drug-likeness (QED) is 0.115. The fourth-order valence-corrected chi connectivity index (χ4v) is 6.53. The SMILES string of the molecule is C=CCCCC(=O)C(C)CCO[Si](C)(C)C(C)(C)C.CC(C)(C)[Si](C)(C)OCCCS(=O)(=O)c1ccccc1. The summed E-state index contributed by atoms with van der Waals surface area (Å²) in [6.45, 7) is 29.0. The summed E-state index contributed by atoms with van der Waals surface area (Å²) >= 11 is 0. The fraction of sp³-hybridized carbons (Fsp3) is 0.710. The Morgan fingerprint density at radius 3 is 1.85 bits per heavy atom. The van der Waals surface area contributed by atoms with Crippen molar-refractivity contribution in [2.24, 2.45) is 5.92 Å². The summed E-state index contributed by atoms with van der Waals surface area (Å²) in [4.78, 5) is 12.3. The molecule has 1 unspecified atom stereocenters. The zero-order chi connectivity index (χ0) is 30.5. The number of benzene rings is 1. The minimum absolute atomic E-state index is 0.120. The Bertz CT molecular complexity index is 959. The van der Waals surface area contributed by atoms with Crippen molar-refractivity contribution in [1.82, 2.24) is 0 Å². The van der Waals surface area contributed by atoms with Gasteiger partial charge in [-0.1, -0.05) is 72.7 Å². The second kappa shape index (κ2) is 16.4. The molecule has 0 aromatic heterocycles. The minimum atomic E-state index is -3.18. The second-order valence-corrected chi connectivity index (χ2v) is 25.3. The maximum Gasteiger partial charge on any atom is 0.191 e. The molecule has 226 valence electrons. The maximum atomic E-state index is 12.1. The van der Waals surface area contributed by atoms with Gasteiger partial charge in [0.15, 0.2) is 26.5 Å². The number of allylic oxidation sites excluding steroid dienone is 1. The van der Waals surface area contributed by atoms with Gasteiger partial charge >= 0.3 is 0 Å². The number of unbranched alkanes of at least 4 members (excludes halogenated alkanes) is 1. The molecule has 0 aliphatic rings. The topological polar surface area (TPSA) is 69.7 Å². The van der Waals surface area contributed by atoms with Gasteiger partial charge in [-0.25, -0.2) is 8.42 Å². The lowest BCUT2D eigenvalue weighted by molar-refractivity contribution is -0.122. The van der Waals surface area contributed by atoms with Crippen molar-refractivity contribution in [3.05, 3.63) is 43.0 Å². The second-order valence-electron chi connectivity index (χ2n) is 13.5. The van der Waals surface area contributed by atoms with Crippen LogP contribution in [-0.4, -0.2) is 49.8 Å². The van der Waals surface area contributed by atoms with Crippen molar-refractivity contribution >= 4 is 32.3 Å². The minimum Gasteiger partial charge on any atom is -0.417 e. The van der Waals surface area contributed by atoms with Crippen molar-refractivity contribution in [3.8, 4) is 0 Å². The zero-order valence-corrected chi connectivity index (χ0v) is 29.7. The van der Waals surface area contributed by atoms with E-state index < -0.39 is 26.5 Å². The van der Waals surface area contributed by atoms with Crippen LogP contribution in [0.1, 0.15) is 80.6 Å². The van der Waals surface area contributed by atoms with E-state index >= 15 is 0 Å². The molecule has 0 spiro atoms. The number of carbonyl (C=O) groups excluding carboxylic acids is 1. The molecule has 39 heavy (non-hydrogen) atoms. The molecular weight excluding hydrogens is 541 g/mol. The predicted molar refractivity (Wildman–Crippen MR) is 172 cm³/mol. The molecule has 5 nitrogen and oxygen atoms in total. The van der Waals surface area contributed by atoms with Crippen LogP contribution in [0.5, 0.6) is 0 Å².